The van der Waals surface area contributed by atoms with E-state index in [0.717, 1.165) is 49.7 Å². The summed E-state index contributed by atoms with van der Waals surface area (Å²) in [5.41, 5.74) is 7.41. The van der Waals surface area contributed by atoms with Gasteiger partial charge in [-0.15, -0.1) is 0 Å². The van der Waals surface area contributed by atoms with Crippen molar-refractivity contribution >= 4 is 32.6 Å². The Morgan fingerprint density at radius 1 is 0.377 bits per heavy atom. The van der Waals surface area contributed by atoms with E-state index in [9.17, 15) is 0 Å². The lowest BCUT2D eigenvalue weighted by Gasteiger charge is -2.15. The third kappa shape index (κ3) is 5.54. The van der Waals surface area contributed by atoms with Gasteiger partial charge in [0.15, 0.2) is 17.5 Å². The number of nitrogens with zero attached hydrogens (tertiary/aromatic N) is 4. The van der Waals surface area contributed by atoms with Crippen molar-refractivity contribution in [2.45, 2.75) is 0 Å². The molecule has 0 amide bonds. The van der Waals surface area contributed by atoms with Gasteiger partial charge in [-0.2, -0.15) is 0 Å². The number of hydrogen-bond donors (Lipinski definition) is 0. The normalized spacial score (nSPS) is 13.0. The molecule has 0 atom stereocenters. The summed E-state index contributed by atoms with van der Waals surface area (Å²) < 4.78 is 54.8. The number of rotatable bonds is 6. The molecule has 0 saturated heterocycles. The summed E-state index contributed by atoms with van der Waals surface area (Å²) in [5.74, 6) is 1.67. The van der Waals surface area contributed by atoms with E-state index < -0.39 is 0 Å². The van der Waals surface area contributed by atoms with Crippen LogP contribution in [-0.2, 0) is 0 Å². The molecular formula is C49H32N4. The van der Waals surface area contributed by atoms with Crippen LogP contribution in [0.2, 0.25) is 0 Å². The Morgan fingerprint density at radius 3 is 1.53 bits per heavy atom. The quantitative estimate of drug-likeness (QED) is 0.175. The molecule has 0 N–H and O–H groups in total. The monoisotopic (exact) mass is 682 g/mol. The van der Waals surface area contributed by atoms with Crippen LogP contribution < -0.4 is 0 Å². The molecule has 0 aliphatic carbocycles. The maximum Gasteiger partial charge on any atom is 0.164 e. The van der Waals surface area contributed by atoms with Crippen LogP contribution in [0.1, 0.15) is 8.22 Å². The van der Waals surface area contributed by atoms with Crippen LogP contribution in [0.25, 0.3) is 94.7 Å². The highest BCUT2D eigenvalue weighted by molar-refractivity contribution is 6.09. The molecule has 0 fully saturated rings. The van der Waals surface area contributed by atoms with Gasteiger partial charge in [-0.25, -0.2) is 15.0 Å². The van der Waals surface area contributed by atoms with E-state index in [1.807, 2.05) is 115 Å². The molecule has 10 aromatic rings. The molecule has 248 valence electrons. The average molecular weight is 683 g/mol. The van der Waals surface area contributed by atoms with Gasteiger partial charge < -0.3 is 4.57 Å². The fourth-order valence-electron chi connectivity index (χ4n) is 7.07. The Balaban J connectivity index is 1.24. The molecular weight excluding hydrogens is 645 g/mol. The van der Waals surface area contributed by atoms with Crippen molar-refractivity contribution in [1.82, 2.24) is 19.5 Å². The van der Waals surface area contributed by atoms with Gasteiger partial charge in [-0.1, -0.05) is 158 Å². The Bertz CT molecular complexity index is 3150. The number of benzene rings is 8. The minimum Gasteiger partial charge on any atom is -0.309 e. The van der Waals surface area contributed by atoms with Crippen molar-refractivity contribution in [2.75, 3.05) is 0 Å². The highest BCUT2D eigenvalue weighted by Crippen LogP contribution is 2.39. The van der Waals surface area contributed by atoms with Gasteiger partial charge in [0, 0.05) is 33.2 Å². The Kier molecular flexibility index (Phi) is 6.04. The van der Waals surface area contributed by atoms with Crippen molar-refractivity contribution in [1.29, 1.82) is 0 Å². The van der Waals surface area contributed by atoms with Gasteiger partial charge in [0.05, 0.1) is 19.3 Å². The first kappa shape index (κ1) is 24.9. The molecule has 2 aromatic heterocycles. The standard InChI is InChI=1S/C49H32N4/c1-4-15-33(16-5-1)38-29-39(31-40(30-38)53-45-25-12-10-22-42(45)43-23-11-13-26-46(43)53)41-24-14-21-34-27-28-37(32-44(34)41)49-51-47(35-17-6-2-7-18-35)50-48(52-49)36-19-8-3-9-20-36/h1-32H/i10D,11D,22D,23D,25D,26D. The Morgan fingerprint density at radius 2 is 0.925 bits per heavy atom. The summed E-state index contributed by atoms with van der Waals surface area (Å²) in [6.07, 6.45) is 0. The van der Waals surface area contributed by atoms with E-state index in [2.05, 4.69) is 30.3 Å². The van der Waals surface area contributed by atoms with Crippen molar-refractivity contribution < 1.29 is 8.22 Å². The van der Waals surface area contributed by atoms with Crippen LogP contribution >= 0.6 is 0 Å². The van der Waals surface area contributed by atoms with Crippen LogP contribution in [0.3, 0.4) is 0 Å². The Labute approximate surface area is 315 Å². The molecule has 0 saturated carbocycles. The molecule has 53 heavy (non-hydrogen) atoms. The number of para-hydroxylation sites is 2. The topological polar surface area (TPSA) is 43.6 Å². The fourth-order valence-corrected chi connectivity index (χ4v) is 7.07. The smallest absolute Gasteiger partial charge is 0.164 e. The van der Waals surface area contributed by atoms with Gasteiger partial charge in [0.2, 0.25) is 0 Å². The van der Waals surface area contributed by atoms with Gasteiger partial charge in [0.1, 0.15) is 0 Å². The highest BCUT2D eigenvalue weighted by Gasteiger charge is 2.17. The fraction of sp³-hybridized carbons (Fsp3) is 0. The summed E-state index contributed by atoms with van der Waals surface area (Å²) in [5, 5.41) is 2.39. The summed E-state index contributed by atoms with van der Waals surface area (Å²) in [6, 6.07) is 50.2. The zero-order valence-corrected chi connectivity index (χ0v) is 28.3. The van der Waals surface area contributed by atoms with Gasteiger partial charge in [-0.05, 0) is 69.4 Å². The second-order valence-electron chi connectivity index (χ2n) is 12.8. The first-order valence-corrected chi connectivity index (χ1v) is 17.4. The van der Waals surface area contributed by atoms with Crippen molar-refractivity contribution in [2.24, 2.45) is 0 Å². The molecule has 0 unspecified atom stereocenters. The zero-order chi connectivity index (χ0) is 40.4. The molecule has 0 bridgehead atoms. The molecule has 8 aromatic carbocycles. The Hall–Kier alpha value is -7.17. The van der Waals surface area contributed by atoms with Crippen LogP contribution in [0.15, 0.2) is 194 Å². The minimum absolute atomic E-state index is 0.00825. The lowest BCUT2D eigenvalue weighted by molar-refractivity contribution is 1.07. The minimum atomic E-state index is -0.155. The first-order valence-electron chi connectivity index (χ1n) is 20.4. The number of hydrogen-bond acceptors (Lipinski definition) is 3. The summed E-state index contributed by atoms with van der Waals surface area (Å²) in [7, 11) is 0. The highest BCUT2D eigenvalue weighted by atomic mass is 15.0. The van der Waals surface area contributed by atoms with E-state index in [0.29, 0.717) is 34.2 Å². The molecule has 4 nitrogen and oxygen atoms in total. The predicted octanol–water partition coefficient (Wildman–Crippen LogP) is 12.5. The lowest BCUT2D eigenvalue weighted by atomic mass is 9.93. The van der Waals surface area contributed by atoms with Crippen LogP contribution in [-0.4, -0.2) is 19.5 Å². The van der Waals surface area contributed by atoms with Crippen molar-refractivity contribution in [3.05, 3.63) is 194 Å². The second-order valence-corrected chi connectivity index (χ2v) is 12.8. The van der Waals surface area contributed by atoms with E-state index in [1.54, 1.807) is 4.57 Å². The first-order chi connectivity index (χ1) is 28.7. The molecule has 0 aliphatic heterocycles. The van der Waals surface area contributed by atoms with Gasteiger partial charge in [0.25, 0.3) is 0 Å². The van der Waals surface area contributed by atoms with Crippen molar-refractivity contribution in [3.8, 4) is 62.1 Å². The number of aromatic nitrogens is 4. The number of fused-ring (bicyclic) bond motifs is 4. The molecule has 0 radical (unpaired) electrons. The maximum absolute atomic E-state index is 9.10. The molecule has 10 rings (SSSR count). The van der Waals surface area contributed by atoms with Crippen LogP contribution in [0.4, 0.5) is 0 Å². The summed E-state index contributed by atoms with van der Waals surface area (Å²) >= 11 is 0. The predicted molar refractivity (Wildman–Crippen MR) is 219 cm³/mol. The lowest BCUT2D eigenvalue weighted by Crippen LogP contribution is -2.00. The van der Waals surface area contributed by atoms with Gasteiger partial charge >= 0.3 is 0 Å². The summed E-state index contributed by atoms with van der Waals surface area (Å²) in [6.45, 7) is 0. The molecule has 0 spiro atoms. The van der Waals surface area contributed by atoms with Crippen LogP contribution in [0.5, 0.6) is 0 Å². The van der Waals surface area contributed by atoms with E-state index in [1.165, 1.54) is 12.1 Å². The summed E-state index contributed by atoms with van der Waals surface area (Å²) in [4.78, 5) is 14.9. The molecule has 2 heterocycles. The largest absolute Gasteiger partial charge is 0.309 e. The third-order valence-electron chi connectivity index (χ3n) is 9.56. The SMILES string of the molecule is [2H]c1cc([2H])c2c(c1[2H])c1c([2H])c([2H])cc([2H])c1n2-c1cc(-c2ccccc2)cc(-c2cccc3ccc(-c4nc(-c5ccccc5)nc(-c5ccccc5)n4)cc23)c1. The van der Waals surface area contributed by atoms with Crippen LogP contribution in [0, 0.1) is 0 Å². The molecule has 4 heteroatoms. The molecule has 0 aliphatic rings. The third-order valence-corrected chi connectivity index (χ3v) is 9.56. The van der Waals surface area contributed by atoms with E-state index in [4.69, 9.17) is 23.2 Å². The second kappa shape index (κ2) is 12.9. The average Bonchev–Trinajstić information content (AvgIpc) is 3.66. The van der Waals surface area contributed by atoms with E-state index >= 15 is 0 Å². The van der Waals surface area contributed by atoms with Crippen molar-refractivity contribution in [3.63, 3.8) is 0 Å². The zero-order valence-electron chi connectivity index (χ0n) is 34.3. The maximum atomic E-state index is 9.10. The van der Waals surface area contributed by atoms with E-state index in [-0.39, 0.29) is 47.0 Å². The van der Waals surface area contributed by atoms with Gasteiger partial charge in [-0.3, -0.25) is 0 Å².